The minimum Gasteiger partial charge on any atom is -0.465 e. The predicted octanol–water partition coefficient (Wildman–Crippen LogP) is 5.31. The molecular weight excluding hydrogens is 360 g/mol. The number of aromatic nitrogens is 2. The zero-order chi connectivity index (χ0) is 20.1. The number of benzene rings is 1. The molecule has 0 aliphatic rings. The van der Waals surface area contributed by atoms with Crippen LogP contribution in [0.25, 0.3) is 5.57 Å². The Bertz CT molecular complexity index is 876. The highest BCUT2D eigenvalue weighted by Gasteiger charge is 2.24. The van der Waals surface area contributed by atoms with Gasteiger partial charge in [-0.25, -0.2) is 9.78 Å². The lowest BCUT2D eigenvalue weighted by Gasteiger charge is -2.16. The molecule has 1 aromatic heterocycles. The SMILES string of the molecule is CC=C(C(=O)OC)c1c(Oc2cc(C)cc(C(C)C)c2)nc(C)nc1SC. The van der Waals surface area contributed by atoms with E-state index in [2.05, 4.69) is 29.9 Å². The smallest absolute Gasteiger partial charge is 0.338 e. The number of hydrogen-bond donors (Lipinski definition) is 0. The number of esters is 1. The average molecular weight is 387 g/mol. The molecule has 5 nitrogen and oxygen atoms in total. The summed E-state index contributed by atoms with van der Waals surface area (Å²) in [5.41, 5.74) is 3.22. The van der Waals surface area contributed by atoms with Crippen LogP contribution in [0.15, 0.2) is 29.3 Å². The third kappa shape index (κ3) is 4.89. The van der Waals surface area contributed by atoms with Crippen molar-refractivity contribution in [2.75, 3.05) is 13.4 Å². The fourth-order valence-corrected chi connectivity index (χ4v) is 3.35. The molecule has 1 heterocycles. The van der Waals surface area contributed by atoms with Crippen LogP contribution in [0.1, 0.15) is 49.2 Å². The number of rotatable bonds is 6. The molecule has 0 fully saturated rings. The Kier molecular flexibility index (Phi) is 7.02. The molecule has 0 radical (unpaired) electrons. The second kappa shape index (κ2) is 9.04. The van der Waals surface area contributed by atoms with Crippen molar-refractivity contribution in [1.82, 2.24) is 9.97 Å². The van der Waals surface area contributed by atoms with Gasteiger partial charge in [0.1, 0.15) is 16.6 Å². The maximum Gasteiger partial charge on any atom is 0.338 e. The van der Waals surface area contributed by atoms with Gasteiger partial charge in [0.15, 0.2) is 0 Å². The molecule has 6 heteroatoms. The number of allylic oxidation sites excluding steroid dienone is 1. The van der Waals surface area contributed by atoms with Gasteiger partial charge in [-0.1, -0.05) is 26.0 Å². The summed E-state index contributed by atoms with van der Waals surface area (Å²) >= 11 is 1.44. The fourth-order valence-electron chi connectivity index (χ4n) is 2.73. The molecule has 2 rings (SSSR count). The van der Waals surface area contributed by atoms with Crippen LogP contribution in [-0.2, 0) is 9.53 Å². The van der Waals surface area contributed by atoms with Gasteiger partial charge in [-0.2, -0.15) is 4.98 Å². The van der Waals surface area contributed by atoms with Gasteiger partial charge in [-0.3, -0.25) is 0 Å². The molecule has 1 aromatic carbocycles. The van der Waals surface area contributed by atoms with Crippen LogP contribution in [-0.4, -0.2) is 29.3 Å². The van der Waals surface area contributed by atoms with Crippen LogP contribution in [0, 0.1) is 13.8 Å². The summed E-state index contributed by atoms with van der Waals surface area (Å²) in [5.74, 6) is 1.55. The number of thioether (sulfide) groups is 1. The number of aryl methyl sites for hydroxylation is 2. The Hall–Kier alpha value is -2.34. The van der Waals surface area contributed by atoms with Crippen molar-refractivity contribution in [3.05, 3.63) is 46.8 Å². The summed E-state index contributed by atoms with van der Waals surface area (Å²) in [4.78, 5) is 21.2. The molecule has 0 aliphatic carbocycles. The minimum absolute atomic E-state index is 0.352. The van der Waals surface area contributed by atoms with Crippen LogP contribution < -0.4 is 4.74 Å². The number of nitrogens with zero attached hydrogens (tertiary/aromatic N) is 2. The van der Waals surface area contributed by atoms with Crippen LogP contribution in [0.3, 0.4) is 0 Å². The fraction of sp³-hybridized carbons (Fsp3) is 0.381. The van der Waals surface area contributed by atoms with Gasteiger partial charge >= 0.3 is 5.97 Å². The molecule has 2 aromatic rings. The highest BCUT2D eigenvalue weighted by molar-refractivity contribution is 7.98. The Balaban J connectivity index is 2.63. The molecule has 27 heavy (non-hydrogen) atoms. The van der Waals surface area contributed by atoms with Crippen molar-refractivity contribution < 1.29 is 14.3 Å². The number of methoxy groups -OCH3 is 1. The standard InChI is InChI=1S/C21H26N2O3S/c1-8-17(21(24)25-6)18-19(22-14(5)23-20(18)27-7)26-16-10-13(4)9-15(11-16)12(2)3/h8-12H,1-7H3. The minimum atomic E-state index is -0.447. The molecule has 144 valence electrons. The van der Waals surface area contributed by atoms with Crippen molar-refractivity contribution in [2.45, 2.75) is 45.6 Å². The lowest BCUT2D eigenvalue weighted by molar-refractivity contribution is -0.133. The first-order chi connectivity index (χ1) is 12.8. The predicted molar refractivity (Wildman–Crippen MR) is 110 cm³/mol. The highest BCUT2D eigenvalue weighted by Crippen LogP contribution is 2.36. The second-order valence-electron chi connectivity index (χ2n) is 6.49. The van der Waals surface area contributed by atoms with E-state index in [1.54, 1.807) is 19.9 Å². The molecule has 0 saturated carbocycles. The number of ether oxygens (including phenoxy) is 2. The highest BCUT2D eigenvalue weighted by atomic mass is 32.2. The van der Waals surface area contributed by atoms with Gasteiger partial charge < -0.3 is 9.47 Å². The van der Waals surface area contributed by atoms with E-state index in [1.807, 2.05) is 25.3 Å². The van der Waals surface area contributed by atoms with Crippen LogP contribution in [0.2, 0.25) is 0 Å². The van der Waals surface area contributed by atoms with Crippen molar-refractivity contribution in [1.29, 1.82) is 0 Å². The maximum atomic E-state index is 12.3. The summed E-state index contributed by atoms with van der Waals surface area (Å²) in [7, 11) is 1.36. The van der Waals surface area contributed by atoms with Gasteiger partial charge in [0.2, 0.25) is 5.88 Å². The first-order valence-electron chi connectivity index (χ1n) is 8.77. The summed E-state index contributed by atoms with van der Waals surface area (Å²) in [6, 6.07) is 6.10. The van der Waals surface area contributed by atoms with Crippen molar-refractivity contribution in [2.24, 2.45) is 0 Å². The van der Waals surface area contributed by atoms with Gasteiger partial charge in [0.25, 0.3) is 0 Å². The number of hydrogen-bond acceptors (Lipinski definition) is 6. The van der Waals surface area contributed by atoms with E-state index in [1.165, 1.54) is 24.4 Å². The lowest BCUT2D eigenvalue weighted by Crippen LogP contribution is -2.09. The van der Waals surface area contributed by atoms with Gasteiger partial charge in [-0.05, 0) is 56.2 Å². The zero-order valence-electron chi connectivity index (χ0n) is 16.9. The Morgan fingerprint density at radius 2 is 1.89 bits per heavy atom. The summed E-state index contributed by atoms with van der Waals surface area (Å²) in [5, 5.41) is 0.674. The van der Waals surface area contributed by atoms with E-state index in [0.717, 1.165) is 5.56 Å². The third-order valence-electron chi connectivity index (χ3n) is 4.07. The lowest BCUT2D eigenvalue weighted by atomic mass is 10.0. The molecule has 0 aliphatic heterocycles. The normalized spacial score (nSPS) is 11.6. The molecule has 0 atom stereocenters. The Morgan fingerprint density at radius 1 is 1.19 bits per heavy atom. The zero-order valence-corrected chi connectivity index (χ0v) is 17.7. The molecule has 0 spiro atoms. The van der Waals surface area contributed by atoms with E-state index in [-0.39, 0.29) is 0 Å². The topological polar surface area (TPSA) is 61.3 Å². The largest absolute Gasteiger partial charge is 0.465 e. The van der Waals surface area contributed by atoms with E-state index >= 15 is 0 Å². The second-order valence-corrected chi connectivity index (χ2v) is 7.29. The summed E-state index contributed by atoms with van der Waals surface area (Å²) in [6.07, 6.45) is 3.60. The molecule has 0 N–H and O–H groups in total. The maximum absolute atomic E-state index is 12.3. The molecule has 0 saturated heterocycles. The van der Waals surface area contributed by atoms with E-state index in [0.29, 0.717) is 39.5 Å². The van der Waals surface area contributed by atoms with Crippen LogP contribution >= 0.6 is 11.8 Å². The van der Waals surface area contributed by atoms with Crippen LogP contribution in [0.4, 0.5) is 0 Å². The number of carbonyl (C=O) groups is 1. The first kappa shape index (κ1) is 21.0. The van der Waals surface area contributed by atoms with Crippen molar-refractivity contribution in [3.8, 4) is 11.6 Å². The molecule has 0 amide bonds. The molecule has 0 bridgehead atoms. The monoisotopic (exact) mass is 386 g/mol. The van der Waals surface area contributed by atoms with Crippen molar-refractivity contribution >= 4 is 23.3 Å². The van der Waals surface area contributed by atoms with E-state index in [4.69, 9.17) is 9.47 Å². The molecule has 0 unspecified atom stereocenters. The Labute approximate surface area is 165 Å². The average Bonchev–Trinajstić information content (AvgIpc) is 2.62. The first-order valence-corrected chi connectivity index (χ1v) is 10.00. The quantitative estimate of drug-likeness (QED) is 0.290. The van der Waals surface area contributed by atoms with Crippen LogP contribution in [0.5, 0.6) is 11.6 Å². The van der Waals surface area contributed by atoms with Gasteiger partial charge in [0.05, 0.1) is 18.2 Å². The summed E-state index contributed by atoms with van der Waals surface area (Å²) < 4.78 is 11.1. The summed E-state index contributed by atoms with van der Waals surface area (Å²) in [6.45, 7) is 9.90. The van der Waals surface area contributed by atoms with Gasteiger partial charge in [0, 0.05) is 0 Å². The van der Waals surface area contributed by atoms with Crippen molar-refractivity contribution in [3.63, 3.8) is 0 Å². The molecular formula is C21H26N2O3S. The number of carbonyl (C=O) groups excluding carboxylic acids is 1. The van der Waals surface area contributed by atoms with E-state index in [9.17, 15) is 4.79 Å². The Morgan fingerprint density at radius 3 is 2.44 bits per heavy atom. The van der Waals surface area contributed by atoms with Gasteiger partial charge in [-0.15, -0.1) is 11.8 Å². The third-order valence-corrected chi connectivity index (χ3v) is 4.75. The van der Waals surface area contributed by atoms with E-state index < -0.39 is 5.97 Å².